The third-order valence-corrected chi connectivity index (χ3v) is 4.48. The van der Waals surface area contributed by atoms with Crippen LogP contribution in [0.2, 0.25) is 0 Å². The van der Waals surface area contributed by atoms with Crippen LogP contribution < -0.4 is 0 Å². The number of hydrogen-bond acceptors (Lipinski definition) is 5. The first-order valence-electron chi connectivity index (χ1n) is 7.07. The van der Waals surface area contributed by atoms with Crippen LogP contribution in [0.4, 0.5) is 0 Å². The molecule has 6 nitrogen and oxygen atoms in total. The van der Waals surface area contributed by atoms with Crippen LogP contribution in [0.1, 0.15) is 17.4 Å². The Morgan fingerprint density at radius 1 is 1.14 bits per heavy atom. The fourth-order valence-electron chi connectivity index (χ4n) is 2.37. The molecule has 0 radical (unpaired) electrons. The summed E-state index contributed by atoms with van der Waals surface area (Å²) >= 11 is 1.41. The van der Waals surface area contributed by atoms with Gasteiger partial charge in [0.1, 0.15) is 10.7 Å². The van der Waals surface area contributed by atoms with Crippen molar-refractivity contribution in [2.24, 2.45) is 0 Å². The molecule has 0 aliphatic carbocycles. The van der Waals surface area contributed by atoms with Crippen molar-refractivity contribution in [3.8, 4) is 10.7 Å². The second kappa shape index (κ2) is 6.23. The molecule has 0 atom stereocenters. The van der Waals surface area contributed by atoms with Crippen molar-refractivity contribution in [2.45, 2.75) is 6.92 Å². The van der Waals surface area contributed by atoms with Gasteiger partial charge in [0, 0.05) is 44.7 Å². The van der Waals surface area contributed by atoms with E-state index in [1.54, 1.807) is 28.3 Å². The molecule has 2 aromatic rings. The van der Waals surface area contributed by atoms with E-state index in [0.29, 0.717) is 31.9 Å². The van der Waals surface area contributed by atoms with Gasteiger partial charge >= 0.3 is 0 Å². The Morgan fingerprint density at radius 2 is 1.86 bits per heavy atom. The molecule has 0 bridgehead atoms. The Kier molecular flexibility index (Phi) is 4.15. The highest BCUT2D eigenvalue weighted by Crippen LogP contribution is 2.22. The summed E-state index contributed by atoms with van der Waals surface area (Å²) in [5, 5.41) is 2.51. The fraction of sp³-hybridized carbons (Fsp3) is 0.333. The Bertz CT molecular complexity index is 678. The summed E-state index contributed by atoms with van der Waals surface area (Å²) in [5.41, 5.74) is 1.22. The van der Waals surface area contributed by atoms with Crippen LogP contribution in [-0.2, 0) is 4.79 Å². The summed E-state index contributed by atoms with van der Waals surface area (Å²) < 4.78 is 0. The molecular weight excluding hydrogens is 300 g/mol. The van der Waals surface area contributed by atoms with E-state index in [1.807, 2.05) is 18.2 Å². The average Bonchev–Trinajstić information content (AvgIpc) is 3.05. The molecule has 0 saturated carbocycles. The molecule has 3 rings (SSSR count). The van der Waals surface area contributed by atoms with Gasteiger partial charge < -0.3 is 9.80 Å². The number of rotatable bonds is 2. The molecule has 2 aromatic heterocycles. The fourth-order valence-corrected chi connectivity index (χ4v) is 3.13. The molecule has 3 heterocycles. The summed E-state index contributed by atoms with van der Waals surface area (Å²) in [7, 11) is 0. The SMILES string of the molecule is CC(=O)N1CCN(C(=O)c2csc(-c3ccccn3)n2)CC1. The minimum Gasteiger partial charge on any atom is -0.339 e. The maximum atomic E-state index is 12.5. The summed E-state index contributed by atoms with van der Waals surface area (Å²) in [6, 6.07) is 5.61. The van der Waals surface area contributed by atoms with Crippen molar-refractivity contribution in [3.63, 3.8) is 0 Å². The minimum atomic E-state index is -0.0818. The Labute approximate surface area is 132 Å². The third-order valence-electron chi connectivity index (χ3n) is 3.62. The quantitative estimate of drug-likeness (QED) is 0.842. The van der Waals surface area contributed by atoms with Crippen molar-refractivity contribution in [1.82, 2.24) is 19.8 Å². The van der Waals surface area contributed by atoms with E-state index in [4.69, 9.17) is 0 Å². The van der Waals surface area contributed by atoms with Gasteiger partial charge in [0.2, 0.25) is 5.91 Å². The highest BCUT2D eigenvalue weighted by Gasteiger charge is 2.24. The number of thiazole rings is 1. The first-order valence-corrected chi connectivity index (χ1v) is 7.95. The van der Waals surface area contributed by atoms with E-state index < -0.39 is 0 Å². The lowest BCUT2D eigenvalue weighted by atomic mass is 10.3. The molecule has 1 saturated heterocycles. The zero-order chi connectivity index (χ0) is 15.5. The summed E-state index contributed by atoms with van der Waals surface area (Å²) in [5.74, 6) is -0.0279. The van der Waals surface area contributed by atoms with Crippen molar-refractivity contribution in [3.05, 3.63) is 35.5 Å². The molecule has 2 amide bonds. The van der Waals surface area contributed by atoms with Crippen LogP contribution >= 0.6 is 11.3 Å². The standard InChI is InChI=1S/C15H16N4O2S/c1-11(20)18-6-8-19(9-7-18)15(21)13-10-22-14(17-13)12-4-2-3-5-16-12/h2-5,10H,6-9H2,1H3. The van der Waals surface area contributed by atoms with E-state index >= 15 is 0 Å². The number of aromatic nitrogens is 2. The zero-order valence-electron chi connectivity index (χ0n) is 12.2. The molecule has 0 aromatic carbocycles. The minimum absolute atomic E-state index is 0.0539. The lowest BCUT2D eigenvalue weighted by Gasteiger charge is -2.33. The predicted molar refractivity (Wildman–Crippen MR) is 83.5 cm³/mol. The first-order chi connectivity index (χ1) is 10.6. The highest BCUT2D eigenvalue weighted by molar-refractivity contribution is 7.13. The Hall–Kier alpha value is -2.28. The molecular formula is C15H16N4O2S. The van der Waals surface area contributed by atoms with Crippen molar-refractivity contribution < 1.29 is 9.59 Å². The van der Waals surface area contributed by atoms with E-state index in [2.05, 4.69) is 9.97 Å². The van der Waals surface area contributed by atoms with Crippen LogP contribution in [0.5, 0.6) is 0 Å². The molecule has 22 heavy (non-hydrogen) atoms. The molecule has 7 heteroatoms. The van der Waals surface area contributed by atoms with Crippen LogP contribution in [0.3, 0.4) is 0 Å². The number of carbonyl (C=O) groups excluding carboxylic acids is 2. The molecule has 1 fully saturated rings. The molecule has 0 N–H and O–H groups in total. The number of hydrogen-bond donors (Lipinski definition) is 0. The maximum absolute atomic E-state index is 12.5. The van der Waals surface area contributed by atoms with Gasteiger partial charge in [0.05, 0.1) is 5.69 Å². The van der Waals surface area contributed by atoms with Crippen molar-refractivity contribution in [2.75, 3.05) is 26.2 Å². The van der Waals surface area contributed by atoms with Crippen LogP contribution in [0.25, 0.3) is 10.7 Å². The second-order valence-corrected chi connectivity index (χ2v) is 5.91. The van der Waals surface area contributed by atoms with Gasteiger partial charge in [0.25, 0.3) is 5.91 Å². The maximum Gasteiger partial charge on any atom is 0.273 e. The van der Waals surface area contributed by atoms with Crippen LogP contribution in [0, 0.1) is 0 Å². The molecule has 1 aliphatic rings. The molecule has 0 unspecified atom stereocenters. The van der Waals surface area contributed by atoms with Gasteiger partial charge in [-0.2, -0.15) is 0 Å². The van der Waals surface area contributed by atoms with Crippen molar-refractivity contribution >= 4 is 23.2 Å². The third kappa shape index (κ3) is 2.99. The summed E-state index contributed by atoms with van der Waals surface area (Å²) in [4.78, 5) is 35.9. The molecule has 114 valence electrons. The number of nitrogens with zero attached hydrogens (tertiary/aromatic N) is 4. The van der Waals surface area contributed by atoms with Gasteiger partial charge in [-0.3, -0.25) is 14.6 Å². The molecule has 1 aliphatic heterocycles. The number of amides is 2. The normalized spacial score (nSPS) is 15.0. The van der Waals surface area contributed by atoms with Gasteiger partial charge in [-0.25, -0.2) is 4.98 Å². The lowest BCUT2D eigenvalue weighted by molar-refractivity contribution is -0.130. The average molecular weight is 316 g/mol. The monoisotopic (exact) mass is 316 g/mol. The number of carbonyl (C=O) groups is 2. The van der Waals surface area contributed by atoms with Gasteiger partial charge in [-0.05, 0) is 12.1 Å². The van der Waals surface area contributed by atoms with E-state index in [0.717, 1.165) is 10.7 Å². The predicted octanol–water partition coefficient (Wildman–Crippen LogP) is 1.51. The molecule has 0 spiro atoms. The lowest BCUT2D eigenvalue weighted by Crippen LogP contribution is -2.50. The van der Waals surface area contributed by atoms with Crippen LogP contribution in [-0.4, -0.2) is 57.8 Å². The largest absolute Gasteiger partial charge is 0.339 e. The summed E-state index contributed by atoms with van der Waals surface area (Å²) in [6.07, 6.45) is 1.71. The van der Waals surface area contributed by atoms with Gasteiger partial charge in [-0.1, -0.05) is 6.07 Å². The van der Waals surface area contributed by atoms with E-state index in [9.17, 15) is 9.59 Å². The number of piperazine rings is 1. The van der Waals surface area contributed by atoms with Gasteiger partial charge in [0.15, 0.2) is 0 Å². The first kappa shape index (κ1) is 14.6. The van der Waals surface area contributed by atoms with E-state index in [-0.39, 0.29) is 11.8 Å². The topological polar surface area (TPSA) is 66.4 Å². The number of pyridine rings is 1. The Morgan fingerprint density at radius 3 is 2.50 bits per heavy atom. The zero-order valence-corrected chi connectivity index (χ0v) is 13.0. The van der Waals surface area contributed by atoms with E-state index in [1.165, 1.54) is 11.3 Å². The highest BCUT2D eigenvalue weighted by atomic mass is 32.1. The smallest absolute Gasteiger partial charge is 0.273 e. The summed E-state index contributed by atoms with van der Waals surface area (Å²) in [6.45, 7) is 3.82. The van der Waals surface area contributed by atoms with Crippen molar-refractivity contribution in [1.29, 1.82) is 0 Å². The second-order valence-electron chi connectivity index (χ2n) is 5.05. The Balaban J connectivity index is 1.69. The van der Waals surface area contributed by atoms with Gasteiger partial charge in [-0.15, -0.1) is 11.3 Å². The van der Waals surface area contributed by atoms with Crippen LogP contribution in [0.15, 0.2) is 29.8 Å².